The SMILES string of the molecule is CC1C(CSCCO)OC(c2ccc(-c3cccc(CNS(=O)(=O)c4ccccc4)c3)cc2)OC1c1ccc(CO)cc1. The molecule has 4 unspecified atom stereocenters. The number of thioether (sulfide) groups is 1. The fourth-order valence-electron chi connectivity index (χ4n) is 5.13. The van der Waals surface area contributed by atoms with Crippen LogP contribution in [0, 0.1) is 5.92 Å². The van der Waals surface area contributed by atoms with Gasteiger partial charge in [0.2, 0.25) is 10.0 Å². The van der Waals surface area contributed by atoms with E-state index in [1.165, 1.54) is 0 Å². The summed E-state index contributed by atoms with van der Waals surface area (Å²) in [6, 6.07) is 32.0. The second kappa shape index (κ2) is 14.6. The molecule has 0 bridgehead atoms. The molecule has 4 atom stereocenters. The Bertz CT molecular complexity index is 1560. The normalized spacial score (nSPS) is 20.6. The highest BCUT2D eigenvalue weighted by molar-refractivity contribution is 7.99. The van der Waals surface area contributed by atoms with E-state index in [0.29, 0.717) is 5.75 Å². The summed E-state index contributed by atoms with van der Waals surface area (Å²) in [5, 5.41) is 18.7. The first kappa shape index (κ1) is 31.4. The van der Waals surface area contributed by atoms with Gasteiger partial charge in [-0.05, 0) is 46.0 Å². The number of benzene rings is 4. The van der Waals surface area contributed by atoms with E-state index in [0.717, 1.165) is 39.1 Å². The summed E-state index contributed by atoms with van der Waals surface area (Å²) < 4.78 is 41.0. The van der Waals surface area contributed by atoms with Crippen LogP contribution in [-0.2, 0) is 32.6 Å². The molecule has 0 amide bonds. The highest BCUT2D eigenvalue weighted by Crippen LogP contribution is 2.42. The van der Waals surface area contributed by atoms with Crippen molar-refractivity contribution in [2.75, 3.05) is 18.1 Å². The van der Waals surface area contributed by atoms with Crippen molar-refractivity contribution in [1.82, 2.24) is 4.72 Å². The average molecular weight is 620 g/mol. The maximum Gasteiger partial charge on any atom is 0.240 e. The zero-order valence-electron chi connectivity index (χ0n) is 24.0. The quantitative estimate of drug-likeness (QED) is 0.171. The molecule has 4 aromatic carbocycles. The Morgan fingerprint density at radius 3 is 2.21 bits per heavy atom. The van der Waals surface area contributed by atoms with Gasteiger partial charge in [-0.15, -0.1) is 0 Å². The van der Waals surface area contributed by atoms with Crippen molar-refractivity contribution < 1.29 is 28.1 Å². The van der Waals surface area contributed by atoms with Crippen molar-refractivity contribution in [3.8, 4) is 11.1 Å². The summed E-state index contributed by atoms with van der Waals surface area (Å²) >= 11 is 1.66. The van der Waals surface area contributed by atoms with Crippen LogP contribution >= 0.6 is 11.8 Å². The van der Waals surface area contributed by atoms with Gasteiger partial charge < -0.3 is 19.7 Å². The summed E-state index contributed by atoms with van der Waals surface area (Å²) in [6.07, 6.45) is -0.831. The molecule has 1 saturated heterocycles. The highest BCUT2D eigenvalue weighted by Gasteiger charge is 2.38. The fraction of sp³-hybridized carbons (Fsp3) is 0.294. The summed E-state index contributed by atoms with van der Waals surface area (Å²) in [4.78, 5) is 0.238. The maximum absolute atomic E-state index is 12.7. The van der Waals surface area contributed by atoms with Crippen molar-refractivity contribution in [3.63, 3.8) is 0 Å². The standard InChI is InChI=1S/C34H37NO6S2/c1-24-32(23-42-19-18-36)40-34(41-33(24)28-12-10-25(22-37)11-13-28)29-16-14-27(15-17-29)30-7-5-6-26(20-30)21-35-43(38,39)31-8-3-2-4-9-31/h2-17,20,24,32-37H,18-19,21-23H2,1H3. The predicted octanol–water partition coefficient (Wildman–Crippen LogP) is 5.84. The van der Waals surface area contributed by atoms with Crippen LogP contribution in [0.5, 0.6) is 0 Å². The van der Waals surface area contributed by atoms with Crippen LogP contribution in [0.2, 0.25) is 0 Å². The molecule has 1 aliphatic rings. The van der Waals surface area contributed by atoms with Gasteiger partial charge in [-0.2, -0.15) is 11.8 Å². The Hall–Kier alpha value is -3.02. The molecule has 7 nitrogen and oxygen atoms in total. The lowest BCUT2D eigenvalue weighted by atomic mass is 9.91. The number of aliphatic hydroxyl groups excluding tert-OH is 2. The molecule has 0 saturated carbocycles. The Morgan fingerprint density at radius 2 is 1.51 bits per heavy atom. The molecule has 9 heteroatoms. The van der Waals surface area contributed by atoms with E-state index in [1.54, 1.807) is 42.1 Å². The fourth-order valence-corrected chi connectivity index (χ4v) is 7.08. The van der Waals surface area contributed by atoms with Gasteiger partial charge in [-0.25, -0.2) is 13.1 Å². The van der Waals surface area contributed by atoms with Crippen LogP contribution in [0.3, 0.4) is 0 Å². The molecule has 3 N–H and O–H groups in total. The Kier molecular flexibility index (Phi) is 10.7. The molecule has 43 heavy (non-hydrogen) atoms. The third-order valence-corrected chi connectivity index (χ3v) is 10.1. The third-order valence-electron chi connectivity index (χ3n) is 7.60. The van der Waals surface area contributed by atoms with Crippen LogP contribution in [-0.4, -0.2) is 42.8 Å². The molecule has 0 radical (unpaired) electrons. The van der Waals surface area contributed by atoms with Gasteiger partial charge in [0.05, 0.1) is 30.3 Å². The van der Waals surface area contributed by atoms with Gasteiger partial charge in [-0.3, -0.25) is 0 Å². The van der Waals surface area contributed by atoms with Crippen molar-refractivity contribution in [2.45, 2.75) is 43.5 Å². The zero-order valence-corrected chi connectivity index (χ0v) is 25.6. The van der Waals surface area contributed by atoms with E-state index < -0.39 is 16.3 Å². The highest BCUT2D eigenvalue weighted by atomic mass is 32.2. The molecule has 1 aliphatic heterocycles. The number of rotatable bonds is 12. The lowest BCUT2D eigenvalue weighted by Crippen LogP contribution is -2.38. The minimum absolute atomic E-state index is 0.00786. The number of ether oxygens (including phenoxy) is 2. The molecule has 4 aromatic rings. The first-order valence-corrected chi connectivity index (χ1v) is 16.9. The van der Waals surface area contributed by atoms with E-state index in [4.69, 9.17) is 9.47 Å². The van der Waals surface area contributed by atoms with Gasteiger partial charge in [0, 0.05) is 29.5 Å². The van der Waals surface area contributed by atoms with E-state index in [9.17, 15) is 18.6 Å². The van der Waals surface area contributed by atoms with Crippen LogP contribution in [0.4, 0.5) is 0 Å². The molecular weight excluding hydrogens is 583 g/mol. The van der Waals surface area contributed by atoms with Gasteiger partial charge in [0.1, 0.15) is 0 Å². The second-order valence-electron chi connectivity index (χ2n) is 10.6. The lowest BCUT2D eigenvalue weighted by Gasteiger charge is -2.41. The van der Waals surface area contributed by atoms with Gasteiger partial charge in [0.25, 0.3) is 0 Å². The molecule has 1 fully saturated rings. The molecule has 5 rings (SSSR count). The van der Waals surface area contributed by atoms with Gasteiger partial charge in [-0.1, -0.05) is 91.9 Å². The predicted molar refractivity (Wildman–Crippen MR) is 170 cm³/mol. The van der Waals surface area contributed by atoms with Gasteiger partial charge in [0.15, 0.2) is 6.29 Å². The third kappa shape index (κ3) is 7.93. The van der Waals surface area contributed by atoms with Crippen molar-refractivity contribution >= 4 is 21.8 Å². The van der Waals surface area contributed by atoms with E-state index in [-0.39, 0.29) is 42.8 Å². The molecule has 0 spiro atoms. The minimum atomic E-state index is -3.60. The van der Waals surface area contributed by atoms with E-state index in [1.807, 2.05) is 72.8 Å². The smallest absolute Gasteiger partial charge is 0.240 e. The Labute approximate surface area is 257 Å². The first-order valence-electron chi connectivity index (χ1n) is 14.3. The summed E-state index contributed by atoms with van der Waals surface area (Å²) in [6.45, 7) is 2.42. The van der Waals surface area contributed by atoms with Crippen LogP contribution in [0.1, 0.15) is 41.6 Å². The average Bonchev–Trinajstić information content (AvgIpc) is 3.05. The second-order valence-corrected chi connectivity index (χ2v) is 13.5. The van der Waals surface area contributed by atoms with Crippen molar-refractivity contribution in [2.24, 2.45) is 5.92 Å². The summed E-state index contributed by atoms with van der Waals surface area (Å²) in [5.41, 5.74) is 5.60. The Morgan fingerprint density at radius 1 is 0.791 bits per heavy atom. The number of nitrogens with one attached hydrogen (secondary N) is 1. The largest absolute Gasteiger partial charge is 0.396 e. The van der Waals surface area contributed by atoms with Crippen LogP contribution in [0.25, 0.3) is 11.1 Å². The number of hydrogen-bond acceptors (Lipinski definition) is 7. The topological polar surface area (TPSA) is 105 Å². The van der Waals surface area contributed by atoms with Gasteiger partial charge >= 0.3 is 0 Å². The molecule has 226 valence electrons. The first-order chi connectivity index (χ1) is 20.9. The van der Waals surface area contributed by atoms with Crippen molar-refractivity contribution in [3.05, 3.63) is 125 Å². The van der Waals surface area contributed by atoms with Crippen LogP contribution in [0.15, 0.2) is 108 Å². The number of aliphatic hydroxyl groups is 2. The summed E-state index contributed by atoms with van der Waals surface area (Å²) in [5.74, 6) is 1.48. The molecular formula is C34H37NO6S2. The number of hydrogen-bond donors (Lipinski definition) is 3. The van der Waals surface area contributed by atoms with E-state index in [2.05, 4.69) is 11.6 Å². The number of sulfonamides is 1. The van der Waals surface area contributed by atoms with Crippen LogP contribution < -0.4 is 4.72 Å². The Balaban J connectivity index is 1.31. The van der Waals surface area contributed by atoms with Crippen molar-refractivity contribution in [1.29, 1.82) is 0 Å². The maximum atomic E-state index is 12.7. The molecule has 1 heterocycles. The monoisotopic (exact) mass is 619 g/mol. The zero-order chi connectivity index (χ0) is 30.2. The minimum Gasteiger partial charge on any atom is -0.396 e. The summed E-state index contributed by atoms with van der Waals surface area (Å²) in [7, 11) is -3.60. The lowest BCUT2D eigenvalue weighted by molar-refractivity contribution is -0.268. The van der Waals surface area contributed by atoms with E-state index >= 15 is 0 Å². The molecule has 0 aliphatic carbocycles. The molecule has 0 aromatic heterocycles.